The molecule has 24 heavy (non-hydrogen) atoms. The van der Waals surface area contributed by atoms with Gasteiger partial charge < -0.3 is 16.0 Å². The lowest BCUT2D eigenvalue weighted by Gasteiger charge is -2.34. The van der Waals surface area contributed by atoms with Crippen LogP contribution in [0.3, 0.4) is 0 Å². The summed E-state index contributed by atoms with van der Waals surface area (Å²) in [5, 5.41) is 12.1. The van der Waals surface area contributed by atoms with Crippen molar-refractivity contribution in [1.29, 1.82) is 5.26 Å². The second-order valence-electron chi connectivity index (χ2n) is 5.56. The maximum atomic E-state index is 13.5. The lowest BCUT2D eigenvalue weighted by atomic mass is 10.2. The van der Waals surface area contributed by atoms with E-state index in [1.165, 1.54) is 12.3 Å². The largest absolute Gasteiger partial charge is 0.385 e. The van der Waals surface area contributed by atoms with Crippen molar-refractivity contribution >= 4 is 5.91 Å². The van der Waals surface area contributed by atoms with Crippen molar-refractivity contribution in [3.63, 3.8) is 0 Å². The van der Waals surface area contributed by atoms with Crippen LogP contribution in [0.4, 0.5) is 4.39 Å². The van der Waals surface area contributed by atoms with Crippen molar-refractivity contribution in [3.05, 3.63) is 47.4 Å². The van der Waals surface area contributed by atoms with E-state index in [0.717, 1.165) is 19.6 Å². The molecule has 1 fully saturated rings. The highest BCUT2D eigenvalue weighted by molar-refractivity contribution is 5.97. The van der Waals surface area contributed by atoms with E-state index in [2.05, 4.69) is 10.2 Å². The molecule has 1 aromatic rings. The number of carbonyl (C=O) groups excluding carboxylic acids is 1. The summed E-state index contributed by atoms with van der Waals surface area (Å²) in [5.41, 5.74) is 6.03. The van der Waals surface area contributed by atoms with Crippen molar-refractivity contribution < 1.29 is 9.18 Å². The predicted molar refractivity (Wildman–Crippen MR) is 89.0 cm³/mol. The Morgan fingerprint density at radius 3 is 2.67 bits per heavy atom. The van der Waals surface area contributed by atoms with Crippen LogP contribution in [0.2, 0.25) is 0 Å². The number of nitrogens with two attached hydrogens (primary N) is 1. The summed E-state index contributed by atoms with van der Waals surface area (Å²) in [6, 6.07) is 8.29. The smallest absolute Gasteiger partial charge is 0.266 e. The van der Waals surface area contributed by atoms with E-state index in [4.69, 9.17) is 5.73 Å². The monoisotopic (exact) mass is 331 g/mol. The van der Waals surface area contributed by atoms with Gasteiger partial charge in [0.25, 0.3) is 5.91 Å². The number of benzene rings is 1. The molecular formula is C17H22FN5O. The number of hydrogen-bond acceptors (Lipinski definition) is 5. The summed E-state index contributed by atoms with van der Waals surface area (Å²) < 4.78 is 13.5. The highest BCUT2D eigenvalue weighted by atomic mass is 19.1. The summed E-state index contributed by atoms with van der Waals surface area (Å²) in [6.07, 6.45) is 1.36. The third kappa shape index (κ3) is 4.78. The van der Waals surface area contributed by atoms with Crippen molar-refractivity contribution in [2.24, 2.45) is 5.73 Å². The van der Waals surface area contributed by atoms with Crippen LogP contribution in [-0.4, -0.2) is 55.0 Å². The first-order valence-corrected chi connectivity index (χ1v) is 7.94. The molecule has 1 aromatic carbocycles. The summed E-state index contributed by atoms with van der Waals surface area (Å²) >= 11 is 0. The molecule has 2 rings (SSSR count). The molecule has 1 saturated heterocycles. The van der Waals surface area contributed by atoms with E-state index in [1.54, 1.807) is 23.1 Å². The molecule has 0 bridgehead atoms. The van der Waals surface area contributed by atoms with Gasteiger partial charge in [0.1, 0.15) is 17.5 Å². The quantitative estimate of drug-likeness (QED) is 0.583. The van der Waals surface area contributed by atoms with Crippen molar-refractivity contribution in [2.75, 3.05) is 39.3 Å². The fraction of sp³-hybridized carbons (Fsp3) is 0.412. The molecule has 0 unspecified atom stereocenters. The van der Waals surface area contributed by atoms with Gasteiger partial charge in [-0.1, -0.05) is 18.2 Å². The second-order valence-corrected chi connectivity index (χ2v) is 5.56. The Kier molecular flexibility index (Phi) is 6.73. The lowest BCUT2D eigenvalue weighted by Crippen LogP contribution is -2.50. The summed E-state index contributed by atoms with van der Waals surface area (Å²) in [6.45, 7) is 4.28. The Morgan fingerprint density at radius 2 is 2.04 bits per heavy atom. The zero-order valence-electron chi connectivity index (χ0n) is 13.5. The molecule has 128 valence electrons. The average molecular weight is 331 g/mol. The van der Waals surface area contributed by atoms with Crippen molar-refractivity contribution in [2.45, 2.75) is 6.54 Å². The molecule has 6 nitrogen and oxygen atoms in total. The minimum atomic E-state index is -0.320. The van der Waals surface area contributed by atoms with Gasteiger partial charge in [0.05, 0.1) is 0 Å². The number of carbonyl (C=O) groups is 1. The molecule has 1 amide bonds. The van der Waals surface area contributed by atoms with Gasteiger partial charge >= 0.3 is 0 Å². The van der Waals surface area contributed by atoms with Gasteiger partial charge in [-0.3, -0.25) is 9.69 Å². The van der Waals surface area contributed by atoms with Gasteiger partial charge in [-0.15, -0.1) is 0 Å². The Balaban J connectivity index is 1.90. The number of halogens is 1. The molecule has 0 saturated carbocycles. The molecule has 1 heterocycles. The minimum Gasteiger partial charge on any atom is -0.385 e. The van der Waals surface area contributed by atoms with E-state index in [1.807, 2.05) is 6.07 Å². The predicted octanol–water partition coefficient (Wildman–Crippen LogP) is 0.426. The van der Waals surface area contributed by atoms with Gasteiger partial charge in [0, 0.05) is 57.6 Å². The average Bonchev–Trinajstić information content (AvgIpc) is 2.61. The Labute approximate surface area is 141 Å². The first kappa shape index (κ1) is 17.9. The van der Waals surface area contributed by atoms with Gasteiger partial charge in [-0.2, -0.15) is 5.26 Å². The van der Waals surface area contributed by atoms with Crippen molar-refractivity contribution in [1.82, 2.24) is 15.1 Å². The number of nitrogens with one attached hydrogen (secondary N) is 1. The van der Waals surface area contributed by atoms with Crippen LogP contribution < -0.4 is 11.1 Å². The summed E-state index contributed by atoms with van der Waals surface area (Å²) in [5.74, 6) is -0.620. The van der Waals surface area contributed by atoms with Crippen LogP contribution in [0.15, 0.2) is 36.0 Å². The fourth-order valence-electron chi connectivity index (χ4n) is 2.57. The molecule has 0 spiro atoms. The van der Waals surface area contributed by atoms with Crippen LogP contribution in [0.1, 0.15) is 5.56 Å². The minimum absolute atomic E-state index is 0.0265. The van der Waals surface area contributed by atoms with E-state index >= 15 is 0 Å². The number of nitriles is 1. The topological polar surface area (TPSA) is 85.4 Å². The molecule has 0 radical (unpaired) electrons. The molecule has 0 aliphatic carbocycles. The van der Waals surface area contributed by atoms with Gasteiger partial charge in [-0.05, 0) is 6.07 Å². The van der Waals surface area contributed by atoms with E-state index in [-0.39, 0.29) is 23.8 Å². The Morgan fingerprint density at radius 1 is 1.33 bits per heavy atom. The normalized spacial score (nSPS) is 15.9. The van der Waals surface area contributed by atoms with Gasteiger partial charge in [0.2, 0.25) is 0 Å². The SMILES string of the molecule is N#C/C(=C/NCc1ccccc1F)C(=O)N1CCN(CCN)CC1. The van der Waals surface area contributed by atoms with Crippen LogP contribution in [-0.2, 0) is 11.3 Å². The van der Waals surface area contributed by atoms with Crippen LogP contribution in [0.5, 0.6) is 0 Å². The van der Waals surface area contributed by atoms with Crippen molar-refractivity contribution in [3.8, 4) is 6.07 Å². The number of amides is 1. The van der Waals surface area contributed by atoms with E-state index in [0.29, 0.717) is 25.2 Å². The van der Waals surface area contributed by atoms with Gasteiger partial charge in [0.15, 0.2) is 0 Å². The molecular weight excluding hydrogens is 309 g/mol. The fourth-order valence-corrected chi connectivity index (χ4v) is 2.57. The molecule has 1 aliphatic heterocycles. The lowest BCUT2D eigenvalue weighted by molar-refractivity contribution is -0.128. The third-order valence-electron chi connectivity index (χ3n) is 3.95. The number of hydrogen-bond donors (Lipinski definition) is 2. The molecule has 0 atom stereocenters. The first-order chi connectivity index (χ1) is 11.7. The Bertz CT molecular complexity index is 632. The second kappa shape index (κ2) is 9.01. The molecule has 3 N–H and O–H groups in total. The number of rotatable bonds is 6. The summed E-state index contributed by atoms with van der Waals surface area (Å²) in [7, 11) is 0. The maximum Gasteiger partial charge on any atom is 0.266 e. The third-order valence-corrected chi connectivity index (χ3v) is 3.95. The van der Waals surface area contributed by atoms with Crippen LogP contribution in [0, 0.1) is 17.1 Å². The zero-order chi connectivity index (χ0) is 17.4. The van der Waals surface area contributed by atoms with E-state index < -0.39 is 0 Å². The van der Waals surface area contributed by atoms with Crippen LogP contribution >= 0.6 is 0 Å². The van der Waals surface area contributed by atoms with E-state index in [9.17, 15) is 14.4 Å². The zero-order valence-corrected chi connectivity index (χ0v) is 13.5. The molecule has 1 aliphatic rings. The highest BCUT2D eigenvalue weighted by Crippen LogP contribution is 2.08. The molecule has 0 aromatic heterocycles. The van der Waals surface area contributed by atoms with Crippen LogP contribution in [0.25, 0.3) is 0 Å². The maximum absolute atomic E-state index is 13.5. The number of nitrogens with zero attached hydrogens (tertiary/aromatic N) is 3. The standard InChI is InChI=1S/C17H22FN5O/c18-16-4-2-1-3-14(16)12-21-13-15(11-20)17(24)23-9-7-22(6-5-19)8-10-23/h1-4,13,21H,5-10,12,19H2/b15-13-. The number of piperazine rings is 1. The Hall–Kier alpha value is -2.43. The first-order valence-electron chi connectivity index (χ1n) is 7.94. The summed E-state index contributed by atoms with van der Waals surface area (Å²) in [4.78, 5) is 16.2. The highest BCUT2D eigenvalue weighted by Gasteiger charge is 2.23. The van der Waals surface area contributed by atoms with Gasteiger partial charge in [-0.25, -0.2) is 4.39 Å². The molecule has 7 heteroatoms.